The third-order valence-corrected chi connectivity index (χ3v) is 3.63. The minimum atomic E-state index is -2.75. The Labute approximate surface area is 142 Å². The molecule has 2 heterocycles. The monoisotopic (exact) mass is 346 g/mol. The fraction of sp³-hybridized carbons (Fsp3) is 0.235. The minimum absolute atomic E-state index is 0.0894. The van der Waals surface area contributed by atoms with Crippen LogP contribution >= 0.6 is 0 Å². The summed E-state index contributed by atoms with van der Waals surface area (Å²) in [5, 5.41) is 6.55. The maximum absolute atomic E-state index is 13.4. The molecule has 0 saturated carbocycles. The molecule has 25 heavy (non-hydrogen) atoms. The van der Waals surface area contributed by atoms with Gasteiger partial charge in [0.1, 0.15) is 11.3 Å². The van der Waals surface area contributed by atoms with E-state index in [1.165, 1.54) is 19.4 Å². The van der Waals surface area contributed by atoms with Crippen molar-refractivity contribution in [3.05, 3.63) is 53.9 Å². The molecule has 1 aromatic carbocycles. The smallest absolute Gasteiger partial charge is 0.280 e. The Morgan fingerprint density at radius 1 is 1.32 bits per heavy atom. The number of hydrogen-bond acceptors (Lipinski definition) is 4. The fourth-order valence-corrected chi connectivity index (χ4v) is 2.42. The maximum Gasteiger partial charge on any atom is 0.280 e. The average Bonchev–Trinajstić information content (AvgIpc) is 3.05. The molecule has 0 aliphatic rings. The molecule has 8 heteroatoms. The number of ether oxygens (including phenoxy) is 1. The maximum atomic E-state index is 13.4. The summed E-state index contributed by atoms with van der Waals surface area (Å²) in [5.74, 6) is -0.440. The van der Waals surface area contributed by atoms with Crippen LogP contribution in [0.2, 0.25) is 0 Å². The van der Waals surface area contributed by atoms with Gasteiger partial charge < -0.3 is 10.1 Å². The quantitative estimate of drug-likeness (QED) is 0.697. The highest BCUT2D eigenvalue weighted by atomic mass is 19.3. The Bertz CT molecular complexity index is 881. The number of methoxy groups -OCH3 is 1. The Morgan fingerprint density at radius 2 is 2.08 bits per heavy atom. The number of carbonyl (C=O) groups excluding carboxylic acids is 1. The zero-order chi connectivity index (χ0) is 17.8. The summed E-state index contributed by atoms with van der Waals surface area (Å²) in [5.41, 5.74) is 0.941. The van der Waals surface area contributed by atoms with E-state index in [-0.39, 0.29) is 16.9 Å². The van der Waals surface area contributed by atoms with Gasteiger partial charge in [-0.05, 0) is 6.07 Å². The number of rotatable bonds is 6. The molecular weight excluding hydrogens is 330 g/mol. The lowest BCUT2D eigenvalue weighted by Gasteiger charge is -2.08. The van der Waals surface area contributed by atoms with Gasteiger partial charge in [0, 0.05) is 19.2 Å². The van der Waals surface area contributed by atoms with Crippen LogP contribution in [0.1, 0.15) is 22.5 Å². The Morgan fingerprint density at radius 3 is 2.76 bits per heavy atom. The van der Waals surface area contributed by atoms with Crippen molar-refractivity contribution in [2.24, 2.45) is 0 Å². The third kappa shape index (κ3) is 3.48. The lowest BCUT2D eigenvalue weighted by atomic mass is 10.1. The number of alkyl halides is 2. The summed E-state index contributed by atoms with van der Waals surface area (Å²) < 4.78 is 32.8. The second-order valence-corrected chi connectivity index (χ2v) is 5.28. The van der Waals surface area contributed by atoms with Gasteiger partial charge in [-0.25, -0.2) is 18.3 Å². The highest BCUT2D eigenvalue weighted by Gasteiger charge is 2.21. The van der Waals surface area contributed by atoms with Crippen LogP contribution in [0.15, 0.2) is 42.6 Å². The molecule has 0 saturated heterocycles. The Balaban J connectivity index is 2.09. The number of halogens is 2. The molecule has 3 rings (SSSR count). The van der Waals surface area contributed by atoms with E-state index in [0.717, 1.165) is 4.52 Å². The third-order valence-electron chi connectivity index (χ3n) is 3.63. The van der Waals surface area contributed by atoms with Crippen molar-refractivity contribution < 1.29 is 18.3 Å². The first kappa shape index (κ1) is 17.0. The van der Waals surface area contributed by atoms with E-state index in [4.69, 9.17) is 4.74 Å². The topological polar surface area (TPSA) is 68.5 Å². The van der Waals surface area contributed by atoms with Gasteiger partial charge in [0.05, 0.1) is 18.5 Å². The average molecular weight is 346 g/mol. The van der Waals surface area contributed by atoms with Crippen molar-refractivity contribution in [3.63, 3.8) is 0 Å². The standard InChI is InChI=1S/C17H16F2N4O2/c1-25-8-7-20-17(24)12-10-21-23-14(15(18)19)9-13(22-16(12)23)11-5-3-2-4-6-11/h2-6,9-10,15H,7-8H2,1H3,(H,20,24). The van der Waals surface area contributed by atoms with E-state index < -0.39 is 12.3 Å². The Hall–Kier alpha value is -2.87. The number of amides is 1. The van der Waals surface area contributed by atoms with Crippen molar-refractivity contribution in [1.29, 1.82) is 0 Å². The summed E-state index contributed by atoms with van der Waals surface area (Å²) in [6.07, 6.45) is -1.51. The number of benzene rings is 1. The predicted octanol–water partition coefficient (Wildman–Crippen LogP) is 2.71. The van der Waals surface area contributed by atoms with Gasteiger partial charge in [-0.1, -0.05) is 30.3 Å². The molecule has 1 amide bonds. The normalized spacial score (nSPS) is 11.2. The van der Waals surface area contributed by atoms with E-state index in [1.54, 1.807) is 24.3 Å². The molecule has 130 valence electrons. The van der Waals surface area contributed by atoms with E-state index in [1.807, 2.05) is 6.07 Å². The molecule has 0 aliphatic heterocycles. The molecule has 0 atom stereocenters. The van der Waals surface area contributed by atoms with Crippen molar-refractivity contribution >= 4 is 11.6 Å². The number of aromatic nitrogens is 3. The first-order valence-electron chi connectivity index (χ1n) is 7.61. The van der Waals surface area contributed by atoms with E-state index in [9.17, 15) is 13.6 Å². The fourth-order valence-electron chi connectivity index (χ4n) is 2.42. The zero-order valence-electron chi connectivity index (χ0n) is 13.4. The summed E-state index contributed by atoms with van der Waals surface area (Å²) in [6.45, 7) is 0.642. The van der Waals surface area contributed by atoms with Crippen molar-refractivity contribution in [3.8, 4) is 11.3 Å². The van der Waals surface area contributed by atoms with Gasteiger partial charge in [0.2, 0.25) is 0 Å². The highest BCUT2D eigenvalue weighted by Crippen LogP contribution is 2.26. The molecule has 0 spiro atoms. The number of fused-ring (bicyclic) bond motifs is 1. The lowest BCUT2D eigenvalue weighted by Crippen LogP contribution is -2.27. The molecule has 0 radical (unpaired) electrons. The van der Waals surface area contributed by atoms with Gasteiger partial charge >= 0.3 is 0 Å². The highest BCUT2D eigenvalue weighted by molar-refractivity contribution is 5.99. The van der Waals surface area contributed by atoms with Crippen molar-refractivity contribution in [1.82, 2.24) is 19.9 Å². The van der Waals surface area contributed by atoms with Crippen LogP contribution in [0.25, 0.3) is 16.9 Å². The van der Waals surface area contributed by atoms with Gasteiger partial charge in [-0.15, -0.1) is 0 Å². The van der Waals surface area contributed by atoms with E-state index in [0.29, 0.717) is 24.4 Å². The molecule has 0 bridgehead atoms. The first-order chi connectivity index (χ1) is 12.1. The summed E-state index contributed by atoms with van der Waals surface area (Å²) >= 11 is 0. The molecule has 0 unspecified atom stereocenters. The van der Waals surface area contributed by atoms with Crippen LogP contribution in [0.4, 0.5) is 8.78 Å². The van der Waals surface area contributed by atoms with Crippen molar-refractivity contribution in [2.75, 3.05) is 20.3 Å². The van der Waals surface area contributed by atoms with Crippen LogP contribution < -0.4 is 5.32 Å². The molecule has 0 aliphatic carbocycles. The second kappa shape index (κ2) is 7.35. The Kier molecular flexibility index (Phi) is 4.99. The predicted molar refractivity (Wildman–Crippen MR) is 87.6 cm³/mol. The molecular formula is C17H16F2N4O2. The molecule has 1 N–H and O–H groups in total. The van der Waals surface area contributed by atoms with Gasteiger partial charge in [-0.3, -0.25) is 4.79 Å². The number of hydrogen-bond donors (Lipinski definition) is 1. The van der Waals surface area contributed by atoms with Crippen LogP contribution in [-0.2, 0) is 4.74 Å². The van der Waals surface area contributed by atoms with Crippen LogP contribution in [0.5, 0.6) is 0 Å². The molecule has 6 nitrogen and oxygen atoms in total. The summed E-state index contributed by atoms with van der Waals surface area (Å²) in [4.78, 5) is 16.6. The second-order valence-electron chi connectivity index (χ2n) is 5.28. The number of nitrogens with zero attached hydrogens (tertiary/aromatic N) is 3. The van der Waals surface area contributed by atoms with Crippen LogP contribution in [-0.4, -0.2) is 40.8 Å². The summed E-state index contributed by atoms with van der Waals surface area (Å²) in [6, 6.07) is 10.2. The van der Waals surface area contributed by atoms with E-state index in [2.05, 4.69) is 15.4 Å². The largest absolute Gasteiger partial charge is 0.383 e. The minimum Gasteiger partial charge on any atom is -0.383 e. The van der Waals surface area contributed by atoms with E-state index >= 15 is 0 Å². The number of carbonyl (C=O) groups is 1. The van der Waals surface area contributed by atoms with Crippen molar-refractivity contribution in [2.45, 2.75) is 6.43 Å². The van der Waals surface area contributed by atoms with Gasteiger partial charge in [0.25, 0.3) is 12.3 Å². The first-order valence-corrected chi connectivity index (χ1v) is 7.61. The zero-order valence-corrected chi connectivity index (χ0v) is 13.4. The lowest BCUT2D eigenvalue weighted by molar-refractivity contribution is 0.0938. The van der Waals surface area contributed by atoms with Crippen LogP contribution in [0.3, 0.4) is 0 Å². The summed E-state index contributed by atoms with van der Waals surface area (Å²) in [7, 11) is 1.52. The van der Waals surface area contributed by atoms with Gasteiger partial charge in [-0.2, -0.15) is 5.10 Å². The SMILES string of the molecule is COCCNC(=O)c1cnn2c(C(F)F)cc(-c3ccccc3)nc12. The van der Waals surface area contributed by atoms with Gasteiger partial charge in [0.15, 0.2) is 5.65 Å². The molecule has 2 aromatic heterocycles. The molecule has 0 fully saturated rings. The molecule has 3 aromatic rings. The number of nitrogens with one attached hydrogen (secondary N) is 1. The van der Waals surface area contributed by atoms with Crippen LogP contribution in [0, 0.1) is 0 Å².